The molecule has 0 spiro atoms. The first-order valence-electron chi connectivity index (χ1n) is 10.3. The second kappa shape index (κ2) is 9.66. The number of carbonyl (C=O) groups excluding carboxylic acids is 1. The lowest BCUT2D eigenvalue weighted by atomic mass is 9.96. The number of nitrogens with one attached hydrogen (secondary N) is 1. The second-order valence-electron chi connectivity index (χ2n) is 7.76. The molecule has 5 nitrogen and oxygen atoms in total. The molecular weight excluding hydrogens is 473 g/mol. The van der Waals surface area contributed by atoms with Gasteiger partial charge >= 0.3 is 0 Å². The maximum Gasteiger partial charge on any atom is 0.243 e. The van der Waals surface area contributed by atoms with Gasteiger partial charge in [0.1, 0.15) is 5.82 Å². The summed E-state index contributed by atoms with van der Waals surface area (Å²) in [6.07, 6.45) is 0.574. The van der Waals surface area contributed by atoms with Crippen LogP contribution in [0.2, 0.25) is 0 Å². The highest BCUT2D eigenvalue weighted by Crippen LogP contribution is 2.29. The minimum absolute atomic E-state index is 0.0830. The van der Waals surface area contributed by atoms with Gasteiger partial charge in [0.05, 0.1) is 10.9 Å². The van der Waals surface area contributed by atoms with E-state index in [0.717, 1.165) is 22.6 Å². The molecule has 3 aromatic rings. The number of thiophene rings is 1. The topological polar surface area (TPSA) is 66.5 Å². The molecule has 2 aromatic carbocycles. The van der Waals surface area contributed by atoms with Crippen LogP contribution >= 0.6 is 11.3 Å². The maximum absolute atomic E-state index is 13.5. The lowest BCUT2D eigenvalue weighted by Gasteiger charge is -2.31. The van der Waals surface area contributed by atoms with E-state index in [2.05, 4.69) is 5.32 Å². The molecule has 10 heteroatoms. The van der Waals surface area contributed by atoms with Crippen molar-refractivity contribution < 1.29 is 26.4 Å². The van der Waals surface area contributed by atoms with E-state index in [1.165, 1.54) is 27.8 Å². The van der Waals surface area contributed by atoms with Crippen molar-refractivity contribution in [1.29, 1.82) is 0 Å². The number of benzene rings is 2. The molecule has 0 aliphatic carbocycles. The van der Waals surface area contributed by atoms with Gasteiger partial charge in [-0.3, -0.25) is 4.79 Å². The summed E-state index contributed by atoms with van der Waals surface area (Å²) >= 11 is 1.47. The Kier molecular flexibility index (Phi) is 6.87. The van der Waals surface area contributed by atoms with Crippen LogP contribution in [0.1, 0.15) is 29.3 Å². The molecule has 174 valence electrons. The molecule has 1 aliphatic rings. The van der Waals surface area contributed by atoms with Crippen LogP contribution in [0.25, 0.3) is 0 Å². The number of nitrogens with zero attached hydrogens (tertiary/aromatic N) is 1. The molecule has 4 rings (SSSR count). The fraction of sp³-hybridized carbons (Fsp3) is 0.261. The van der Waals surface area contributed by atoms with Gasteiger partial charge in [-0.1, -0.05) is 18.2 Å². The Balaban J connectivity index is 1.44. The lowest BCUT2D eigenvalue weighted by molar-refractivity contribution is -0.126. The predicted octanol–water partition coefficient (Wildman–Crippen LogP) is 4.47. The number of sulfonamides is 1. The zero-order valence-corrected chi connectivity index (χ0v) is 19.0. The Morgan fingerprint density at radius 1 is 1.00 bits per heavy atom. The second-order valence-corrected chi connectivity index (χ2v) is 10.7. The van der Waals surface area contributed by atoms with Crippen LogP contribution in [0.15, 0.2) is 64.9 Å². The molecule has 1 aliphatic heterocycles. The van der Waals surface area contributed by atoms with E-state index in [4.69, 9.17) is 0 Å². The molecule has 1 amide bonds. The van der Waals surface area contributed by atoms with E-state index in [-0.39, 0.29) is 42.6 Å². The van der Waals surface area contributed by atoms with Gasteiger partial charge < -0.3 is 5.32 Å². The average Bonchev–Trinajstić information content (AvgIpc) is 3.34. The molecule has 1 aromatic heterocycles. The minimum Gasteiger partial charge on any atom is -0.344 e. The van der Waals surface area contributed by atoms with Gasteiger partial charge in [0.2, 0.25) is 15.9 Å². The molecule has 1 atom stereocenters. The highest BCUT2D eigenvalue weighted by atomic mass is 32.2. The summed E-state index contributed by atoms with van der Waals surface area (Å²) in [6, 6.07) is 11.7. The Labute approximate surface area is 193 Å². The normalized spacial score (nSPS) is 16.5. The fourth-order valence-corrected chi connectivity index (χ4v) is 6.12. The number of piperidine rings is 1. The van der Waals surface area contributed by atoms with Crippen molar-refractivity contribution in [2.45, 2.75) is 23.8 Å². The summed E-state index contributed by atoms with van der Waals surface area (Å²) in [5.41, 5.74) is 0.741. The summed E-state index contributed by atoms with van der Waals surface area (Å²) in [4.78, 5) is 13.6. The van der Waals surface area contributed by atoms with E-state index in [0.29, 0.717) is 6.07 Å². The highest BCUT2D eigenvalue weighted by molar-refractivity contribution is 7.89. The third-order valence-corrected chi connectivity index (χ3v) is 8.50. The molecule has 1 saturated heterocycles. The minimum atomic E-state index is -3.99. The van der Waals surface area contributed by atoms with E-state index in [1.54, 1.807) is 12.1 Å². The van der Waals surface area contributed by atoms with E-state index < -0.39 is 33.6 Å². The smallest absolute Gasteiger partial charge is 0.243 e. The predicted molar refractivity (Wildman–Crippen MR) is 119 cm³/mol. The van der Waals surface area contributed by atoms with Crippen molar-refractivity contribution >= 4 is 27.3 Å². The summed E-state index contributed by atoms with van der Waals surface area (Å²) in [5, 5.41) is 4.90. The molecule has 1 fully saturated rings. The summed E-state index contributed by atoms with van der Waals surface area (Å²) in [7, 11) is -3.99. The van der Waals surface area contributed by atoms with E-state index >= 15 is 0 Å². The molecule has 33 heavy (non-hydrogen) atoms. The largest absolute Gasteiger partial charge is 0.344 e. The summed E-state index contributed by atoms with van der Waals surface area (Å²) in [5.74, 6) is -3.35. The number of halogens is 3. The Hall–Kier alpha value is -2.69. The number of hydrogen-bond acceptors (Lipinski definition) is 4. The first-order valence-corrected chi connectivity index (χ1v) is 12.6. The molecule has 0 saturated carbocycles. The van der Waals surface area contributed by atoms with Crippen LogP contribution < -0.4 is 5.32 Å². The van der Waals surface area contributed by atoms with Crippen LogP contribution in [-0.2, 0) is 14.8 Å². The standard InChI is InChI=1S/C23H21F3N2O3S2/c24-17-5-3-15(4-6-17)22(21-2-1-13-32-21)27-23(29)16-9-11-28(12-10-16)33(30,31)18-7-8-19(25)20(26)14-18/h1-8,13-14,16,22H,9-12H2,(H,27,29). The first-order chi connectivity index (χ1) is 15.8. The van der Waals surface area contributed by atoms with Gasteiger partial charge in [0.15, 0.2) is 11.6 Å². The quantitative estimate of drug-likeness (QED) is 0.550. The molecule has 0 bridgehead atoms. The first kappa shape index (κ1) is 23.5. The van der Waals surface area contributed by atoms with Gasteiger partial charge in [-0.15, -0.1) is 11.3 Å². The van der Waals surface area contributed by atoms with Gasteiger partial charge in [-0.25, -0.2) is 21.6 Å². The van der Waals surface area contributed by atoms with E-state index in [9.17, 15) is 26.4 Å². The Morgan fingerprint density at radius 2 is 1.70 bits per heavy atom. The number of hydrogen-bond donors (Lipinski definition) is 1. The zero-order valence-electron chi connectivity index (χ0n) is 17.4. The monoisotopic (exact) mass is 494 g/mol. The molecule has 2 heterocycles. The lowest BCUT2D eigenvalue weighted by Crippen LogP contribution is -2.43. The van der Waals surface area contributed by atoms with Crippen LogP contribution in [0, 0.1) is 23.4 Å². The van der Waals surface area contributed by atoms with E-state index in [1.807, 2.05) is 17.5 Å². The number of amides is 1. The van der Waals surface area contributed by atoms with Crippen LogP contribution in [0.4, 0.5) is 13.2 Å². The summed E-state index contributed by atoms with van der Waals surface area (Å²) in [6.45, 7) is 0.166. The third kappa shape index (κ3) is 5.13. The highest BCUT2D eigenvalue weighted by Gasteiger charge is 2.33. The molecular formula is C23H21F3N2O3S2. The average molecular weight is 495 g/mol. The molecule has 1 N–H and O–H groups in total. The van der Waals surface area contributed by atoms with Gasteiger partial charge in [-0.05, 0) is 60.2 Å². The Bertz CT molecular complexity index is 1220. The van der Waals surface area contributed by atoms with Gasteiger partial charge in [0.25, 0.3) is 0 Å². The van der Waals surface area contributed by atoms with Crippen LogP contribution in [0.5, 0.6) is 0 Å². The molecule has 0 radical (unpaired) electrons. The zero-order chi connectivity index (χ0) is 23.6. The maximum atomic E-state index is 13.5. The van der Waals surface area contributed by atoms with Gasteiger partial charge in [0, 0.05) is 23.9 Å². The van der Waals surface area contributed by atoms with Crippen molar-refractivity contribution in [2.75, 3.05) is 13.1 Å². The summed E-state index contributed by atoms with van der Waals surface area (Å²) < 4.78 is 66.8. The van der Waals surface area contributed by atoms with Crippen molar-refractivity contribution in [1.82, 2.24) is 9.62 Å². The molecule has 1 unspecified atom stereocenters. The Morgan fingerprint density at radius 3 is 2.30 bits per heavy atom. The van der Waals surface area contributed by atoms with Crippen molar-refractivity contribution in [3.63, 3.8) is 0 Å². The SMILES string of the molecule is O=C(NC(c1ccc(F)cc1)c1cccs1)C1CCN(S(=O)(=O)c2ccc(F)c(F)c2)CC1. The fourth-order valence-electron chi connectivity index (χ4n) is 3.83. The van der Waals surface area contributed by atoms with Crippen molar-refractivity contribution in [3.8, 4) is 0 Å². The van der Waals surface area contributed by atoms with Crippen LogP contribution in [-0.4, -0.2) is 31.7 Å². The number of rotatable bonds is 6. The van der Waals surface area contributed by atoms with Crippen LogP contribution in [0.3, 0.4) is 0 Å². The van der Waals surface area contributed by atoms with Crippen molar-refractivity contribution in [2.24, 2.45) is 5.92 Å². The van der Waals surface area contributed by atoms with Gasteiger partial charge in [-0.2, -0.15) is 4.31 Å². The number of carbonyl (C=O) groups is 1. The third-order valence-electron chi connectivity index (χ3n) is 5.67. The van der Waals surface area contributed by atoms with Crippen molar-refractivity contribution in [3.05, 3.63) is 87.9 Å².